The number of phenols is 1. The van der Waals surface area contributed by atoms with Crippen molar-refractivity contribution in [2.45, 2.75) is 57.5 Å². The van der Waals surface area contributed by atoms with E-state index in [0.717, 1.165) is 36.3 Å². The highest BCUT2D eigenvalue weighted by Crippen LogP contribution is 2.47. The average Bonchev–Trinajstić information content (AvgIpc) is 2.73. The Morgan fingerprint density at radius 1 is 1.12 bits per heavy atom. The van der Waals surface area contributed by atoms with Crippen LogP contribution in [0.25, 0.3) is 0 Å². The Kier molecular flexibility index (Phi) is 4.15. The smallest absolute Gasteiger partial charge is 0.317 e. The van der Waals surface area contributed by atoms with E-state index in [4.69, 9.17) is 0 Å². The largest absolute Gasteiger partial charge is 0.508 e. The van der Waals surface area contributed by atoms with Gasteiger partial charge in [-0.25, -0.2) is 4.79 Å². The molecule has 1 aromatic carbocycles. The van der Waals surface area contributed by atoms with Crippen molar-refractivity contribution in [3.05, 3.63) is 29.8 Å². The number of hydrogen-bond acceptors (Lipinski definition) is 2. The molecule has 4 heteroatoms. The van der Waals surface area contributed by atoms with Crippen molar-refractivity contribution in [1.82, 2.24) is 10.2 Å². The Morgan fingerprint density at radius 3 is 2.42 bits per heavy atom. The molecule has 130 valence electrons. The van der Waals surface area contributed by atoms with Crippen molar-refractivity contribution in [2.24, 2.45) is 17.8 Å². The molecule has 4 bridgehead atoms. The highest BCUT2D eigenvalue weighted by molar-refractivity contribution is 5.75. The summed E-state index contributed by atoms with van der Waals surface area (Å²) in [5.74, 6) is 2.73. The molecular formula is C20H28N2O2. The van der Waals surface area contributed by atoms with E-state index in [1.165, 1.54) is 32.1 Å². The predicted molar refractivity (Wildman–Crippen MR) is 93.9 cm³/mol. The molecular weight excluding hydrogens is 300 g/mol. The third-order valence-electron chi connectivity index (χ3n) is 6.22. The van der Waals surface area contributed by atoms with Gasteiger partial charge >= 0.3 is 6.03 Å². The van der Waals surface area contributed by atoms with Crippen LogP contribution < -0.4 is 5.32 Å². The molecule has 1 aromatic rings. The number of benzene rings is 1. The first-order valence-corrected chi connectivity index (χ1v) is 9.42. The lowest BCUT2D eigenvalue weighted by Crippen LogP contribution is -2.50. The van der Waals surface area contributed by atoms with Crippen LogP contribution in [0.1, 0.15) is 44.6 Å². The topological polar surface area (TPSA) is 52.6 Å². The molecule has 4 aliphatic rings. The average molecular weight is 328 g/mol. The zero-order valence-electron chi connectivity index (χ0n) is 14.4. The second-order valence-corrected chi connectivity index (χ2v) is 8.30. The summed E-state index contributed by atoms with van der Waals surface area (Å²) in [7, 11) is 0. The van der Waals surface area contributed by atoms with E-state index in [2.05, 4.69) is 17.1 Å². The minimum Gasteiger partial charge on any atom is -0.508 e. The number of hydrogen-bond donors (Lipinski definition) is 2. The fourth-order valence-electron chi connectivity index (χ4n) is 5.36. The molecule has 24 heavy (non-hydrogen) atoms. The minimum absolute atomic E-state index is 0.0969. The lowest BCUT2D eigenvalue weighted by atomic mass is 9.68. The Balaban J connectivity index is 1.38. The third-order valence-corrected chi connectivity index (χ3v) is 6.22. The first-order valence-electron chi connectivity index (χ1n) is 9.42. The van der Waals surface area contributed by atoms with E-state index < -0.39 is 0 Å². The molecule has 2 aliphatic heterocycles. The maximum Gasteiger partial charge on any atom is 0.317 e. The molecule has 3 unspecified atom stereocenters. The molecule has 2 saturated carbocycles. The zero-order chi connectivity index (χ0) is 16.7. The van der Waals surface area contributed by atoms with Crippen LogP contribution in [0, 0.1) is 17.8 Å². The van der Waals surface area contributed by atoms with Gasteiger partial charge in [0.05, 0.1) is 0 Å². The number of nitrogens with zero attached hydrogens (tertiary/aromatic N) is 1. The maximum atomic E-state index is 12.8. The number of urea groups is 1. The third kappa shape index (κ3) is 3.24. The standard InChI is InChI=1S/C20H28N2O2/c1-13(6-14-2-4-19(23)5-3-14)21-20(24)22-12-17-8-15-7-16(9-17)11-18(22)10-15/h2-5,13,15-18,23H,6-12H2,1H3,(H,21,24). The summed E-state index contributed by atoms with van der Waals surface area (Å²) in [6.07, 6.45) is 7.29. The van der Waals surface area contributed by atoms with Gasteiger partial charge in [0.2, 0.25) is 0 Å². The van der Waals surface area contributed by atoms with Crippen molar-refractivity contribution < 1.29 is 9.90 Å². The lowest BCUT2D eigenvalue weighted by Gasteiger charge is -2.39. The number of carbonyl (C=O) groups is 1. The Hall–Kier alpha value is -1.71. The van der Waals surface area contributed by atoms with E-state index in [-0.39, 0.29) is 17.8 Å². The van der Waals surface area contributed by atoms with Crippen LogP contribution in [-0.4, -0.2) is 34.7 Å². The van der Waals surface area contributed by atoms with Gasteiger partial charge in [0, 0.05) is 18.6 Å². The van der Waals surface area contributed by atoms with Gasteiger partial charge in [0.1, 0.15) is 5.75 Å². The van der Waals surface area contributed by atoms with Crippen molar-refractivity contribution >= 4 is 6.03 Å². The molecule has 2 saturated heterocycles. The molecule has 3 atom stereocenters. The van der Waals surface area contributed by atoms with Crippen LogP contribution in [-0.2, 0) is 6.42 Å². The number of fused-ring (bicyclic) bond motifs is 1. The van der Waals surface area contributed by atoms with Crippen LogP contribution in [0.4, 0.5) is 4.79 Å². The van der Waals surface area contributed by atoms with Gasteiger partial charge in [0.25, 0.3) is 0 Å². The van der Waals surface area contributed by atoms with Crippen LogP contribution in [0.2, 0.25) is 0 Å². The number of aromatic hydroxyl groups is 1. The van der Waals surface area contributed by atoms with Gasteiger partial charge in [-0.15, -0.1) is 0 Å². The number of nitrogens with one attached hydrogen (secondary N) is 1. The number of phenolic OH excluding ortho intramolecular Hbond substituents is 1. The fraction of sp³-hybridized carbons (Fsp3) is 0.650. The molecule has 0 radical (unpaired) electrons. The summed E-state index contributed by atoms with van der Waals surface area (Å²) in [5, 5.41) is 12.6. The van der Waals surface area contributed by atoms with Gasteiger partial charge in [-0.2, -0.15) is 0 Å². The van der Waals surface area contributed by atoms with Crippen molar-refractivity contribution in [3.8, 4) is 5.75 Å². The van der Waals surface area contributed by atoms with Gasteiger partial charge in [0.15, 0.2) is 0 Å². The number of rotatable bonds is 3. The van der Waals surface area contributed by atoms with Crippen molar-refractivity contribution in [2.75, 3.05) is 6.54 Å². The zero-order valence-corrected chi connectivity index (χ0v) is 14.4. The monoisotopic (exact) mass is 328 g/mol. The number of amides is 2. The summed E-state index contributed by atoms with van der Waals surface area (Å²) in [6, 6.07) is 7.93. The highest BCUT2D eigenvalue weighted by Gasteiger charge is 2.44. The molecule has 4 nitrogen and oxygen atoms in total. The molecule has 2 N–H and O–H groups in total. The summed E-state index contributed by atoms with van der Waals surface area (Å²) in [6.45, 7) is 3.02. The quantitative estimate of drug-likeness (QED) is 0.891. The van der Waals surface area contributed by atoms with Crippen LogP contribution >= 0.6 is 0 Å². The SMILES string of the molecule is CC(Cc1ccc(O)cc1)NC(=O)N1CC2CC3CC(C2)CC1C3. The van der Waals surface area contributed by atoms with Crippen LogP contribution in [0.3, 0.4) is 0 Å². The molecule has 5 rings (SSSR count). The minimum atomic E-state index is 0.0969. The van der Waals surface area contributed by atoms with E-state index in [9.17, 15) is 9.90 Å². The fourth-order valence-corrected chi connectivity index (χ4v) is 5.36. The predicted octanol–water partition coefficient (Wildman–Crippen LogP) is 3.54. The Bertz CT molecular complexity index is 586. The molecule has 2 aliphatic carbocycles. The summed E-state index contributed by atoms with van der Waals surface area (Å²) < 4.78 is 0. The second-order valence-electron chi connectivity index (χ2n) is 8.30. The Morgan fingerprint density at radius 2 is 1.75 bits per heavy atom. The summed E-state index contributed by atoms with van der Waals surface area (Å²) >= 11 is 0. The second kappa shape index (κ2) is 6.30. The molecule has 0 spiro atoms. The van der Waals surface area contributed by atoms with E-state index in [0.29, 0.717) is 6.04 Å². The maximum absolute atomic E-state index is 12.8. The normalized spacial score (nSPS) is 32.5. The van der Waals surface area contributed by atoms with Crippen molar-refractivity contribution in [1.29, 1.82) is 0 Å². The first kappa shape index (κ1) is 15.8. The van der Waals surface area contributed by atoms with Gasteiger partial charge in [-0.3, -0.25) is 0 Å². The molecule has 2 heterocycles. The molecule has 4 fully saturated rings. The van der Waals surface area contributed by atoms with E-state index in [1.807, 2.05) is 12.1 Å². The van der Waals surface area contributed by atoms with E-state index >= 15 is 0 Å². The van der Waals surface area contributed by atoms with Crippen LogP contribution in [0.15, 0.2) is 24.3 Å². The Labute approximate surface area is 144 Å². The van der Waals surface area contributed by atoms with Gasteiger partial charge in [-0.1, -0.05) is 12.1 Å². The van der Waals surface area contributed by atoms with Crippen LogP contribution in [0.5, 0.6) is 5.75 Å². The van der Waals surface area contributed by atoms with Gasteiger partial charge in [-0.05, 0) is 80.9 Å². The first-order chi connectivity index (χ1) is 11.6. The van der Waals surface area contributed by atoms with Crippen molar-refractivity contribution in [3.63, 3.8) is 0 Å². The molecule has 0 aromatic heterocycles. The summed E-state index contributed by atoms with van der Waals surface area (Å²) in [5.41, 5.74) is 1.14. The molecule has 2 amide bonds. The lowest BCUT2D eigenvalue weighted by molar-refractivity contribution is 0.130. The summed E-state index contributed by atoms with van der Waals surface area (Å²) in [4.78, 5) is 15.0. The van der Waals surface area contributed by atoms with E-state index in [1.54, 1.807) is 12.1 Å². The van der Waals surface area contributed by atoms with Gasteiger partial charge < -0.3 is 15.3 Å². The number of carbonyl (C=O) groups excluding carboxylic acids is 1. The highest BCUT2D eigenvalue weighted by atomic mass is 16.3.